The van der Waals surface area contributed by atoms with Gasteiger partial charge in [-0.15, -0.1) is 0 Å². The van der Waals surface area contributed by atoms with E-state index in [-0.39, 0.29) is 11.2 Å². The summed E-state index contributed by atoms with van der Waals surface area (Å²) in [6.07, 6.45) is 1.04. The van der Waals surface area contributed by atoms with Crippen LogP contribution in [0.4, 0.5) is 10.1 Å². The molecular formula is C14H21FN2. The van der Waals surface area contributed by atoms with Gasteiger partial charge >= 0.3 is 0 Å². The Morgan fingerprint density at radius 1 is 1.41 bits per heavy atom. The van der Waals surface area contributed by atoms with Crippen molar-refractivity contribution in [2.45, 2.75) is 20.3 Å². The number of piperidine rings is 1. The van der Waals surface area contributed by atoms with Gasteiger partial charge in [-0.1, -0.05) is 26.0 Å². The van der Waals surface area contributed by atoms with E-state index in [0.29, 0.717) is 5.92 Å². The number of hydrogen-bond acceptors (Lipinski definition) is 2. The van der Waals surface area contributed by atoms with Crippen LogP contribution in [0.1, 0.15) is 20.3 Å². The van der Waals surface area contributed by atoms with Crippen molar-refractivity contribution in [1.29, 1.82) is 0 Å². The highest BCUT2D eigenvalue weighted by molar-refractivity contribution is 5.48. The van der Waals surface area contributed by atoms with E-state index in [4.69, 9.17) is 5.73 Å². The summed E-state index contributed by atoms with van der Waals surface area (Å²) in [5.74, 6) is 0.403. The maximum Gasteiger partial charge on any atom is 0.146 e. The predicted molar refractivity (Wildman–Crippen MR) is 69.6 cm³/mol. The van der Waals surface area contributed by atoms with Gasteiger partial charge in [0.25, 0.3) is 0 Å². The molecule has 94 valence electrons. The molecule has 0 radical (unpaired) electrons. The molecule has 1 aromatic carbocycles. The quantitative estimate of drug-likeness (QED) is 0.855. The Morgan fingerprint density at radius 3 is 2.71 bits per heavy atom. The SMILES string of the molecule is CC1(C)CN(c2ccccc2F)CCC1CN. The second kappa shape index (κ2) is 4.65. The van der Waals surface area contributed by atoms with Crippen LogP contribution < -0.4 is 10.6 Å². The second-order valence-corrected chi connectivity index (χ2v) is 5.58. The van der Waals surface area contributed by atoms with Crippen molar-refractivity contribution in [2.24, 2.45) is 17.1 Å². The van der Waals surface area contributed by atoms with Gasteiger partial charge in [-0.3, -0.25) is 0 Å². The minimum atomic E-state index is -0.130. The van der Waals surface area contributed by atoms with Crippen LogP contribution >= 0.6 is 0 Å². The lowest BCUT2D eigenvalue weighted by Crippen LogP contribution is -2.48. The van der Waals surface area contributed by atoms with Gasteiger partial charge in [0.1, 0.15) is 5.82 Å². The Balaban J connectivity index is 2.18. The first kappa shape index (κ1) is 12.4. The Bertz CT molecular complexity index is 390. The lowest BCUT2D eigenvalue weighted by molar-refractivity contribution is 0.182. The first-order valence-corrected chi connectivity index (χ1v) is 6.24. The lowest BCUT2D eigenvalue weighted by Gasteiger charge is -2.45. The molecule has 2 N–H and O–H groups in total. The molecule has 2 rings (SSSR count). The van der Waals surface area contributed by atoms with E-state index in [1.54, 1.807) is 6.07 Å². The van der Waals surface area contributed by atoms with Gasteiger partial charge in [0, 0.05) is 13.1 Å². The van der Waals surface area contributed by atoms with Gasteiger partial charge in [-0.25, -0.2) is 4.39 Å². The number of halogens is 1. The topological polar surface area (TPSA) is 29.3 Å². The van der Waals surface area contributed by atoms with E-state index in [1.165, 1.54) is 6.07 Å². The number of para-hydroxylation sites is 1. The fourth-order valence-electron chi connectivity index (χ4n) is 2.75. The fourth-order valence-corrected chi connectivity index (χ4v) is 2.75. The van der Waals surface area contributed by atoms with Crippen molar-refractivity contribution in [1.82, 2.24) is 0 Å². The Labute approximate surface area is 103 Å². The fraction of sp³-hybridized carbons (Fsp3) is 0.571. The van der Waals surface area contributed by atoms with E-state index in [1.807, 2.05) is 12.1 Å². The van der Waals surface area contributed by atoms with E-state index < -0.39 is 0 Å². The van der Waals surface area contributed by atoms with Crippen molar-refractivity contribution in [3.63, 3.8) is 0 Å². The third kappa shape index (κ3) is 2.44. The molecule has 1 unspecified atom stereocenters. The first-order valence-electron chi connectivity index (χ1n) is 6.24. The van der Waals surface area contributed by atoms with Crippen LogP contribution in [0.5, 0.6) is 0 Å². The van der Waals surface area contributed by atoms with Crippen LogP contribution in [0.2, 0.25) is 0 Å². The number of rotatable bonds is 2. The van der Waals surface area contributed by atoms with E-state index in [0.717, 1.165) is 31.7 Å². The highest BCUT2D eigenvalue weighted by atomic mass is 19.1. The summed E-state index contributed by atoms with van der Waals surface area (Å²) in [5, 5.41) is 0. The Morgan fingerprint density at radius 2 is 2.12 bits per heavy atom. The lowest BCUT2D eigenvalue weighted by atomic mass is 9.74. The molecule has 1 aromatic rings. The standard InChI is InChI=1S/C14H21FN2/c1-14(2)10-17(8-7-11(14)9-16)13-6-4-3-5-12(13)15/h3-6,11H,7-10,16H2,1-2H3. The van der Waals surface area contributed by atoms with Crippen LogP contribution in [-0.2, 0) is 0 Å². The predicted octanol–water partition coefficient (Wildman–Crippen LogP) is 2.64. The number of benzene rings is 1. The second-order valence-electron chi connectivity index (χ2n) is 5.58. The Hall–Kier alpha value is -1.09. The van der Waals surface area contributed by atoms with Gasteiger partial charge in [0.2, 0.25) is 0 Å². The third-order valence-corrected chi connectivity index (χ3v) is 3.93. The largest absolute Gasteiger partial charge is 0.369 e. The van der Waals surface area contributed by atoms with Crippen LogP contribution in [-0.4, -0.2) is 19.6 Å². The zero-order valence-electron chi connectivity index (χ0n) is 10.6. The Kier molecular flexibility index (Phi) is 3.38. The maximum atomic E-state index is 13.7. The smallest absolute Gasteiger partial charge is 0.146 e. The molecule has 1 fully saturated rings. The van der Waals surface area contributed by atoms with Crippen molar-refractivity contribution >= 4 is 5.69 Å². The summed E-state index contributed by atoms with van der Waals surface area (Å²) < 4.78 is 13.7. The molecule has 1 atom stereocenters. The van der Waals surface area contributed by atoms with Crippen molar-refractivity contribution in [3.05, 3.63) is 30.1 Å². The van der Waals surface area contributed by atoms with Gasteiger partial charge in [0.05, 0.1) is 5.69 Å². The average Bonchev–Trinajstić information content (AvgIpc) is 2.28. The van der Waals surface area contributed by atoms with E-state index in [2.05, 4.69) is 18.7 Å². The normalized spacial score (nSPS) is 23.8. The van der Waals surface area contributed by atoms with Crippen molar-refractivity contribution < 1.29 is 4.39 Å². The van der Waals surface area contributed by atoms with Gasteiger partial charge in [-0.05, 0) is 36.4 Å². The minimum absolute atomic E-state index is 0.130. The summed E-state index contributed by atoms with van der Waals surface area (Å²) in [4.78, 5) is 2.14. The molecule has 3 heteroatoms. The molecule has 0 spiro atoms. The summed E-state index contributed by atoms with van der Waals surface area (Å²) in [6, 6.07) is 7.00. The molecule has 17 heavy (non-hydrogen) atoms. The van der Waals surface area contributed by atoms with Crippen LogP contribution in [0.25, 0.3) is 0 Å². The number of nitrogens with zero attached hydrogens (tertiary/aromatic N) is 1. The number of hydrogen-bond donors (Lipinski definition) is 1. The molecule has 1 heterocycles. The van der Waals surface area contributed by atoms with Crippen LogP contribution in [0.15, 0.2) is 24.3 Å². The van der Waals surface area contributed by atoms with Crippen molar-refractivity contribution in [3.8, 4) is 0 Å². The summed E-state index contributed by atoms with van der Waals surface area (Å²) in [7, 11) is 0. The van der Waals surface area contributed by atoms with Gasteiger partial charge in [-0.2, -0.15) is 0 Å². The molecule has 0 amide bonds. The summed E-state index contributed by atoms with van der Waals surface area (Å²) >= 11 is 0. The molecule has 0 aliphatic carbocycles. The monoisotopic (exact) mass is 236 g/mol. The molecule has 1 aliphatic rings. The van der Waals surface area contributed by atoms with Crippen LogP contribution in [0, 0.1) is 17.2 Å². The molecular weight excluding hydrogens is 215 g/mol. The highest BCUT2D eigenvalue weighted by Gasteiger charge is 2.35. The molecule has 0 bridgehead atoms. The minimum Gasteiger partial charge on any atom is -0.369 e. The average molecular weight is 236 g/mol. The van der Waals surface area contributed by atoms with Gasteiger partial charge in [0.15, 0.2) is 0 Å². The number of anilines is 1. The first-order chi connectivity index (χ1) is 8.04. The van der Waals surface area contributed by atoms with E-state index >= 15 is 0 Å². The molecule has 0 aromatic heterocycles. The third-order valence-electron chi connectivity index (χ3n) is 3.93. The molecule has 0 saturated carbocycles. The molecule has 2 nitrogen and oxygen atoms in total. The highest BCUT2D eigenvalue weighted by Crippen LogP contribution is 2.36. The number of nitrogens with two attached hydrogens (primary N) is 1. The van der Waals surface area contributed by atoms with E-state index in [9.17, 15) is 4.39 Å². The molecule has 1 aliphatic heterocycles. The summed E-state index contributed by atoms with van der Waals surface area (Å²) in [6.45, 7) is 6.93. The van der Waals surface area contributed by atoms with Crippen molar-refractivity contribution in [2.75, 3.05) is 24.5 Å². The van der Waals surface area contributed by atoms with Crippen LogP contribution in [0.3, 0.4) is 0 Å². The summed E-state index contributed by atoms with van der Waals surface area (Å²) in [5.41, 5.74) is 6.67. The zero-order chi connectivity index (χ0) is 12.5. The molecule has 1 saturated heterocycles. The zero-order valence-corrected chi connectivity index (χ0v) is 10.6. The maximum absolute atomic E-state index is 13.7. The van der Waals surface area contributed by atoms with Gasteiger partial charge < -0.3 is 10.6 Å².